The van der Waals surface area contributed by atoms with Crippen molar-refractivity contribution in [1.29, 1.82) is 0 Å². The van der Waals surface area contributed by atoms with E-state index in [1.54, 1.807) is 6.92 Å². The highest BCUT2D eigenvalue weighted by Crippen LogP contribution is 2.45. The molecule has 1 saturated heterocycles. The van der Waals surface area contributed by atoms with E-state index in [-0.39, 0.29) is 37.7 Å². The predicted octanol–water partition coefficient (Wildman–Crippen LogP) is 4.20. The van der Waals surface area contributed by atoms with Crippen LogP contribution in [0.1, 0.15) is 77.1 Å². The molecule has 5 nitrogen and oxygen atoms in total. The van der Waals surface area contributed by atoms with E-state index in [4.69, 9.17) is 20.4 Å². The van der Waals surface area contributed by atoms with Gasteiger partial charge in [0.25, 0.3) is 0 Å². The van der Waals surface area contributed by atoms with Gasteiger partial charge in [-0.1, -0.05) is 45.9 Å². The highest BCUT2D eigenvalue weighted by molar-refractivity contribution is 5.72. The van der Waals surface area contributed by atoms with Gasteiger partial charge in [-0.05, 0) is 48.9 Å². The van der Waals surface area contributed by atoms with Gasteiger partial charge in [-0.2, -0.15) is 0 Å². The lowest BCUT2D eigenvalue weighted by Crippen LogP contribution is -2.42. The molecule has 1 fully saturated rings. The third-order valence-electron chi connectivity index (χ3n) is 5.87. The van der Waals surface area contributed by atoms with Crippen LogP contribution in [0.2, 0.25) is 0 Å². The quantitative estimate of drug-likeness (QED) is 0.662. The van der Waals surface area contributed by atoms with E-state index in [1.807, 2.05) is 0 Å². The first-order valence-electron chi connectivity index (χ1n) is 14.3. The number of fused-ring (bicyclic) bond motifs is 1. The molecule has 3 rings (SSSR count). The molecule has 1 aliphatic heterocycles. The summed E-state index contributed by atoms with van der Waals surface area (Å²) in [5.41, 5.74) is -0.117. The lowest BCUT2D eigenvalue weighted by molar-refractivity contribution is -0.162. The van der Waals surface area contributed by atoms with Crippen LogP contribution in [0.25, 0.3) is 0 Å². The summed E-state index contributed by atoms with van der Waals surface area (Å²) in [4.78, 5) is 24.8. The van der Waals surface area contributed by atoms with E-state index in [0.717, 1.165) is 6.92 Å². The number of esters is 2. The van der Waals surface area contributed by atoms with Crippen LogP contribution in [-0.4, -0.2) is 35.4 Å². The summed E-state index contributed by atoms with van der Waals surface area (Å²) < 4.78 is 80.4. The highest BCUT2D eigenvalue weighted by atomic mass is 16.5. The first-order chi connectivity index (χ1) is 16.8. The summed E-state index contributed by atoms with van der Waals surface area (Å²) in [6.07, 6.45) is -5.53. The van der Waals surface area contributed by atoms with E-state index in [2.05, 4.69) is 0 Å². The second kappa shape index (κ2) is 9.46. The topological polar surface area (TPSA) is 72.8 Å². The molecule has 1 N–H and O–H groups in total. The van der Waals surface area contributed by atoms with Gasteiger partial charge in [-0.15, -0.1) is 0 Å². The number of aliphatic hydroxyl groups is 1. The minimum Gasteiger partial charge on any atom is -0.462 e. The lowest BCUT2D eigenvalue weighted by Gasteiger charge is -2.43. The van der Waals surface area contributed by atoms with Crippen LogP contribution in [0, 0.1) is 29.5 Å². The molecular weight excluding hydrogens is 368 g/mol. The maximum atomic E-state index is 13.0. The average molecular weight is 413 g/mol. The zero-order chi connectivity index (χ0) is 28.3. The van der Waals surface area contributed by atoms with Crippen molar-refractivity contribution in [1.82, 2.24) is 0 Å². The van der Waals surface area contributed by atoms with Crippen molar-refractivity contribution in [3.63, 3.8) is 0 Å². The van der Waals surface area contributed by atoms with Crippen molar-refractivity contribution in [3.05, 3.63) is 23.7 Å². The Balaban J connectivity index is 2.14. The van der Waals surface area contributed by atoms with Crippen molar-refractivity contribution in [2.45, 2.75) is 84.5 Å². The van der Waals surface area contributed by atoms with Crippen LogP contribution in [0.4, 0.5) is 0 Å². The number of hydrogen-bond acceptors (Lipinski definition) is 5. The first kappa shape index (κ1) is 13.6. The highest BCUT2D eigenvalue weighted by Gasteiger charge is 2.42. The minimum atomic E-state index is -2.63. The molecule has 3 aliphatic rings. The summed E-state index contributed by atoms with van der Waals surface area (Å²) in [5.74, 6) is -9.46. The Labute approximate surface area is 185 Å². The van der Waals surface area contributed by atoms with Crippen LogP contribution < -0.4 is 0 Å². The van der Waals surface area contributed by atoms with E-state index < -0.39 is 84.3 Å². The second-order valence-electron chi connectivity index (χ2n) is 8.12. The third kappa shape index (κ3) is 5.30. The maximum Gasteiger partial charge on any atom is 0.308 e. The van der Waals surface area contributed by atoms with E-state index >= 15 is 0 Å². The summed E-state index contributed by atoms with van der Waals surface area (Å²) in [7, 11) is 0. The van der Waals surface area contributed by atoms with Crippen LogP contribution in [0.15, 0.2) is 23.7 Å². The van der Waals surface area contributed by atoms with Gasteiger partial charge in [0.1, 0.15) is 12.2 Å². The van der Waals surface area contributed by atoms with E-state index in [0.29, 0.717) is 0 Å². The minimum absolute atomic E-state index is 0.0756. The van der Waals surface area contributed by atoms with Crippen LogP contribution in [-0.2, 0) is 19.1 Å². The molecule has 0 aromatic rings. The largest absolute Gasteiger partial charge is 0.462 e. The van der Waals surface area contributed by atoms with Gasteiger partial charge in [0.2, 0.25) is 0 Å². The fraction of sp³-hybridized carbons (Fsp3) is 0.750. The Bertz CT molecular complexity index is 1020. The summed E-state index contributed by atoms with van der Waals surface area (Å²) >= 11 is 0. The molecule has 0 spiro atoms. The van der Waals surface area contributed by atoms with Crippen molar-refractivity contribution in [3.8, 4) is 0 Å². The Hall–Kier alpha value is -1.62. The number of rotatable bonds is 6. The van der Waals surface area contributed by atoms with Gasteiger partial charge in [-0.25, -0.2) is 0 Å². The molecule has 0 amide bonds. The molecule has 0 aromatic carbocycles. The SMILES string of the molecule is [2H]C1=C([2H])[C@]([2H])(C)[C@H](CCC2C[C@@H](O)CC(=O)O2)[C@@H]2C1=C([2H])[C@]([2H])(C)C([2H])([2H])[C@@H]2OC(=O)[C@@]([2H])(C)CC. The number of carbonyl (C=O) groups is 2. The Morgan fingerprint density at radius 1 is 1.52 bits per heavy atom. The number of ether oxygens (including phenoxy) is 2. The van der Waals surface area contributed by atoms with Crippen molar-refractivity contribution in [2.75, 3.05) is 0 Å². The van der Waals surface area contributed by atoms with Gasteiger partial charge in [0.05, 0.1) is 22.5 Å². The Morgan fingerprint density at radius 2 is 2.28 bits per heavy atom. The molecule has 5 heteroatoms. The Kier molecular flexibility index (Phi) is 4.45. The van der Waals surface area contributed by atoms with Gasteiger partial charge in [0, 0.05) is 19.2 Å². The molecule has 8 atom stereocenters. The van der Waals surface area contributed by atoms with Crippen LogP contribution in [0.3, 0.4) is 0 Å². The number of carbonyl (C=O) groups excluding carboxylic acids is 2. The summed E-state index contributed by atoms with van der Waals surface area (Å²) in [6.45, 7) is 5.49. The molecule has 0 saturated carbocycles. The monoisotopic (exact) mass is 412 g/mol. The van der Waals surface area contributed by atoms with Crippen molar-refractivity contribution < 1.29 is 35.1 Å². The zero-order valence-electron chi connectivity index (χ0n) is 25.5. The molecule has 1 unspecified atom stereocenters. The normalized spacial score (nSPS) is 50.8. The zero-order valence-corrected chi connectivity index (χ0v) is 17.5. The predicted molar refractivity (Wildman–Crippen MR) is 111 cm³/mol. The average Bonchev–Trinajstić information content (AvgIpc) is 2.78. The van der Waals surface area contributed by atoms with Crippen LogP contribution in [0.5, 0.6) is 0 Å². The van der Waals surface area contributed by atoms with Gasteiger partial charge < -0.3 is 14.6 Å². The second-order valence-corrected chi connectivity index (χ2v) is 8.12. The number of hydrogen-bond donors (Lipinski definition) is 1. The molecule has 29 heavy (non-hydrogen) atoms. The number of aliphatic hydroxyl groups excluding tert-OH is 1. The molecule has 162 valence electrons. The molecule has 0 radical (unpaired) electrons. The lowest BCUT2D eigenvalue weighted by atomic mass is 9.65. The van der Waals surface area contributed by atoms with Gasteiger partial charge in [0.15, 0.2) is 0 Å². The van der Waals surface area contributed by atoms with Crippen molar-refractivity contribution >= 4 is 11.9 Å². The molecule has 0 aromatic heterocycles. The molecule has 0 bridgehead atoms. The molecule has 1 heterocycles. The van der Waals surface area contributed by atoms with Crippen LogP contribution >= 0.6 is 0 Å². The van der Waals surface area contributed by atoms with E-state index in [9.17, 15) is 14.7 Å². The number of cyclic esters (lactones) is 1. The van der Waals surface area contributed by atoms with E-state index in [1.165, 1.54) is 13.8 Å². The summed E-state index contributed by atoms with van der Waals surface area (Å²) in [5, 5.41) is 9.98. The first-order valence-corrected chi connectivity index (χ1v) is 10.3. The molecule has 2 aliphatic carbocycles. The van der Waals surface area contributed by atoms with Crippen molar-refractivity contribution in [2.24, 2.45) is 29.5 Å². The third-order valence-corrected chi connectivity index (χ3v) is 5.87. The fourth-order valence-corrected chi connectivity index (χ4v) is 4.09. The van der Waals surface area contributed by atoms with Gasteiger partial charge in [-0.3, -0.25) is 9.59 Å². The maximum absolute atomic E-state index is 13.0. The standard InChI is InChI=1S/C24H36O5/c1-5-15(3)24(27)29-21-11-14(2)10-17-7-6-16(4)20(23(17)21)9-8-19-12-18(25)13-22(26)28-19/h6-7,10,14-16,18-21,23,25H,5,8-9,11-13H2,1-4H3/t14-,15-,16-,18+,19?,20-,21-,23-/m0/s1/i6D,7D,10D,11D2,14D,15D,16D. The number of allylic oxidation sites excluding steroid dienone is 3. The summed E-state index contributed by atoms with van der Waals surface area (Å²) in [6, 6.07) is -1.40. The smallest absolute Gasteiger partial charge is 0.308 e. The Morgan fingerprint density at radius 3 is 2.97 bits per heavy atom. The fourth-order valence-electron chi connectivity index (χ4n) is 4.09. The molecular formula is C24H36O5. The van der Waals surface area contributed by atoms with Gasteiger partial charge >= 0.3 is 11.9 Å².